The second-order valence-electron chi connectivity index (χ2n) is 4.10. The Bertz CT molecular complexity index is 608. The molecule has 0 spiro atoms. The topological polar surface area (TPSA) is 35.5 Å². The van der Waals surface area contributed by atoms with E-state index in [-0.39, 0.29) is 12.4 Å². The minimum absolute atomic E-state index is 0.222. The Labute approximate surface area is 116 Å². The van der Waals surface area contributed by atoms with Crippen LogP contribution in [0, 0.1) is 0 Å². The lowest BCUT2D eigenvalue weighted by molar-refractivity contribution is -0.139. The maximum atomic E-state index is 11.4. The maximum absolute atomic E-state index is 11.4. The molecule has 19 heavy (non-hydrogen) atoms. The predicted octanol–water partition coefficient (Wildman–Crippen LogP) is 3.29. The first kappa shape index (κ1) is 13.7. The molecule has 2 aromatic rings. The number of hydrogen-bond acceptors (Lipinski definition) is 4. The molecule has 0 unspecified atom stereocenters. The first-order chi connectivity index (χ1) is 9.19. The highest BCUT2D eigenvalue weighted by molar-refractivity contribution is 7.98. The van der Waals surface area contributed by atoms with E-state index in [2.05, 4.69) is 12.1 Å². The summed E-state index contributed by atoms with van der Waals surface area (Å²) in [6.07, 6.45) is 2.27. The molecule has 0 aliphatic heterocycles. The van der Waals surface area contributed by atoms with Gasteiger partial charge < -0.3 is 9.47 Å². The van der Waals surface area contributed by atoms with Crippen LogP contribution in [-0.4, -0.2) is 26.4 Å². The molecule has 0 saturated heterocycles. The molecule has 0 aliphatic rings. The van der Waals surface area contributed by atoms with Crippen molar-refractivity contribution in [3.8, 4) is 5.75 Å². The fraction of sp³-hybridized carbons (Fsp3) is 0.267. The molecule has 0 amide bonds. The molecular weight excluding hydrogens is 260 g/mol. The highest BCUT2D eigenvalue weighted by Gasteiger charge is 2.12. The molecule has 0 saturated carbocycles. The van der Waals surface area contributed by atoms with Crippen LogP contribution < -0.4 is 4.74 Å². The van der Waals surface area contributed by atoms with Crippen LogP contribution in [0.15, 0.2) is 35.2 Å². The Kier molecular flexibility index (Phi) is 4.32. The van der Waals surface area contributed by atoms with Crippen LogP contribution in [0.2, 0.25) is 0 Å². The van der Waals surface area contributed by atoms with Gasteiger partial charge >= 0.3 is 5.97 Å². The number of methoxy groups -OCH3 is 2. The van der Waals surface area contributed by atoms with Crippen LogP contribution in [0.4, 0.5) is 0 Å². The molecular formula is C15H16O3S. The van der Waals surface area contributed by atoms with Gasteiger partial charge in [-0.25, -0.2) is 0 Å². The first-order valence-electron chi connectivity index (χ1n) is 5.90. The molecule has 0 aliphatic carbocycles. The van der Waals surface area contributed by atoms with Gasteiger partial charge in [0.2, 0.25) is 0 Å². The molecule has 100 valence electrons. The number of carbonyl (C=O) groups excluding carboxylic acids is 1. The SMILES string of the molecule is COC(=O)Cc1ccc2cc(SC)ccc2c1OC. The third kappa shape index (κ3) is 2.84. The number of ether oxygens (including phenoxy) is 2. The first-order valence-corrected chi connectivity index (χ1v) is 7.12. The van der Waals surface area contributed by atoms with E-state index >= 15 is 0 Å². The fourth-order valence-corrected chi connectivity index (χ4v) is 2.51. The molecule has 0 aromatic heterocycles. The molecule has 0 bridgehead atoms. The van der Waals surface area contributed by atoms with E-state index in [4.69, 9.17) is 9.47 Å². The molecule has 3 nitrogen and oxygen atoms in total. The molecule has 0 heterocycles. The van der Waals surface area contributed by atoms with Gasteiger partial charge in [0, 0.05) is 15.8 Å². The van der Waals surface area contributed by atoms with Crippen LogP contribution in [-0.2, 0) is 16.0 Å². The van der Waals surface area contributed by atoms with Crippen LogP contribution in [0.5, 0.6) is 5.75 Å². The van der Waals surface area contributed by atoms with E-state index in [0.29, 0.717) is 0 Å². The zero-order valence-electron chi connectivity index (χ0n) is 11.2. The van der Waals surface area contributed by atoms with E-state index in [1.165, 1.54) is 12.0 Å². The van der Waals surface area contributed by atoms with E-state index < -0.39 is 0 Å². The van der Waals surface area contributed by atoms with Crippen molar-refractivity contribution in [1.82, 2.24) is 0 Å². The van der Waals surface area contributed by atoms with Gasteiger partial charge in [-0.15, -0.1) is 11.8 Å². The molecule has 0 N–H and O–H groups in total. The molecule has 2 aromatic carbocycles. The van der Waals surface area contributed by atoms with Crippen molar-refractivity contribution in [2.75, 3.05) is 20.5 Å². The normalized spacial score (nSPS) is 10.5. The Morgan fingerprint density at radius 1 is 1.21 bits per heavy atom. The maximum Gasteiger partial charge on any atom is 0.310 e. The Balaban J connectivity index is 2.53. The quantitative estimate of drug-likeness (QED) is 0.634. The van der Waals surface area contributed by atoms with Gasteiger partial charge in [0.05, 0.1) is 20.6 Å². The van der Waals surface area contributed by atoms with Gasteiger partial charge in [-0.05, 0) is 29.8 Å². The van der Waals surface area contributed by atoms with Crippen molar-refractivity contribution >= 4 is 28.5 Å². The van der Waals surface area contributed by atoms with Crippen molar-refractivity contribution in [3.63, 3.8) is 0 Å². The molecule has 2 rings (SSSR count). The number of hydrogen-bond donors (Lipinski definition) is 0. The summed E-state index contributed by atoms with van der Waals surface area (Å²) in [7, 11) is 3.01. The van der Waals surface area contributed by atoms with Crippen molar-refractivity contribution in [2.24, 2.45) is 0 Å². The number of rotatable bonds is 4. The lowest BCUT2D eigenvalue weighted by Gasteiger charge is -2.11. The average molecular weight is 276 g/mol. The summed E-state index contributed by atoms with van der Waals surface area (Å²) < 4.78 is 10.2. The predicted molar refractivity (Wildman–Crippen MR) is 78.0 cm³/mol. The number of fused-ring (bicyclic) bond motifs is 1. The minimum Gasteiger partial charge on any atom is -0.496 e. The molecule has 0 fully saturated rings. The van der Waals surface area contributed by atoms with Crippen molar-refractivity contribution in [2.45, 2.75) is 11.3 Å². The standard InChI is InChI=1S/C15H16O3S/c1-17-14(16)9-11-5-4-10-8-12(19-3)6-7-13(10)15(11)18-2/h4-8H,9H2,1-3H3. The minimum atomic E-state index is -0.265. The van der Waals surface area contributed by atoms with Gasteiger partial charge in [0.15, 0.2) is 0 Å². The van der Waals surface area contributed by atoms with E-state index in [1.807, 2.05) is 24.5 Å². The third-order valence-electron chi connectivity index (χ3n) is 3.03. The summed E-state index contributed by atoms with van der Waals surface area (Å²) in [6, 6.07) is 10.1. The molecule has 4 heteroatoms. The average Bonchev–Trinajstić information content (AvgIpc) is 2.46. The lowest BCUT2D eigenvalue weighted by atomic mass is 10.0. The van der Waals surface area contributed by atoms with Gasteiger partial charge in [0.25, 0.3) is 0 Å². The number of thioether (sulfide) groups is 1. The number of benzene rings is 2. The second kappa shape index (κ2) is 5.97. The van der Waals surface area contributed by atoms with Crippen molar-refractivity contribution < 1.29 is 14.3 Å². The van der Waals surface area contributed by atoms with Gasteiger partial charge in [0.1, 0.15) is 5.75 Å². The van der Waals surface area contributed by atoms with Crippen LogP contribution in [0.25, 0.3) is 10.8 Å². The highest BCUT2D eigenvalue weighted by atomic mass is 32.2. The van der Waals surface area contributed by atoms with Crippen molar-refractivity contribution in [3.05, 3.63) is 35.9 Å². The van der Waals surface area contributed by atoms with Crippen LogP contribution in [0.3, 0.4) is 0 Å². The van der Waals surface area contributed by atoms with E-state index in [9.17, 15) is 4.79 Å². The summed E-state index contributed by atoms with van der Waals surface area (Å²) >= 11 is 1.70. The Morgan fingerprint density at radius 3 is 2.63 bits per heavy atom. The van der Waals surface area contributed by atoms with Crippen LogP contribution >= 0.6 is 11.8 Å². The Morgan fingerprint density at radius 2 is 2.00 bits per heavy atom. The summed E-state index contributed by atoms with van der Waals surface area (Å²) in [5.74, 6) is 0.480. The Hall–Kier alpha value is -1.68. The zero-order chi connectivity index (χ0) is 13.8. The van der Waals surface area contributed by atoms with E-state index in [0.717, 1.165) is 22.1 Å². The summed E-state index contributed by atoms with van der Waals surface area (Å²) in [5, 5.41) is 2.12. The van der Waals surface area contributed by atoms with Gasteiger partial charge in [-0.2, -0.15) is 0 Å². The highest BCUT2D eigenvalue weighted by Crippen LogP contribution is 2.32. The summed E-state index contributed by atoms with van der Waals surface area (Å²) in [6.45, 7) is 0. The smallest absolute Gasteiger partial charge is 0.310 e. The molecule has 0 radical (unpaired) electrons. The van der Waals surface area contributed by atoms with Crippen molar-refractivity contribution in [1.29, 1.82) is 0 Å². The van der Waals surface area contributed by atoms with Crippen LogP contribution in [0.1, 0.15) is 5.56 Å². The zero-order valence-corrected chi connectivity index (χ0v) is 12.0. The number of carbonyl (C=O) groups is 1. The molecule has 0 atom stereocenters. The van der Waals surface area contributed by atoms with Gasteiger partial charge in [-0.3, -0.25) is 4.79 Å². The van der Waals surface area contributed by atoms with E-state index in [1.54, 1.807) is 18.9 Å². The summed E-state index contributed by atoms with van der Waals surface area (Å²) in [4.78, 5) is 12.6. The lowest BCUT2D eigenvalue weighted by Crippen LogP contribution is -2.06. The largest absolute Gasteiger partial charge is 0.496 e. The fourth-order valence-electron chi connectivity index (χ4n) is 2.06. The van der Waals surface area contributed by atoms with Gasteiger partial charge in [-0.1, -0.05) is 12.1 Å². The third-order valence-corrected chi connectivity index (χ3v) is 3.75. The summed E-state index contributed by atoms with van der Waals surface area (Å²) in [5.41, 5.74) is 0.846. The monoisotopic (exact) mass is 276 g/mol. The second-order valence-corrected chi connectivity index (χ2v) is 4.98. The number of esters is 1.